The van der Waals surface area contributed by atoms with Crippen LogP contribution < -0.4 is 0 Å². The van der Waals surface area contributed by atoms with Gasteiger partial charge in [-0.25, -0.2) is 4.79 Å². The number of allylic oxidation sites excluding steroid dienone is 4. The molecule has 2 N–H and O–H groups in total. The van der Waals surface area contributed by atoms with Gasteiger partial charge in [-0.15, -0.1) is 0 Å². The summed E-state index contributed by atoms with van der Waals surface area (Å²) in [6.07, 6.45) is 12.6. The first-order chi connectivity index (χ1) is 16.5. The maximum atomic E-state index is 13.1. The molecule has 0 unspecified atom stereocenters. The van der Waals surface area contributed by atoms with Crippen molar-refractivity contribution in [1.82, 2.24) is 5.06 Å². The van der Waals surface area contributed by atoms with Crippen LogP contribution in [0.25, 0.3) is 0 Å². The van der Waals surface area contributed by atoms with Crippen molar-refractivity contribution in [3.63, 3.8) is 0 Å². The van der Waals surface area contributed by atoms with E-state index in [1.165, 1.54) is 19.3 Å². The molecule has 6 heteroatoms. The zero-order valence-electron chi connectivity index (χ0n) is 21.6. The van der Waals surface area contributed by atoms with E-state index in [1.54, 1.807) is 12.2 Å². The molecular weight excluding hydrogens is 442 g/mol. The second-order valence-electron chi connectivity index (χ2n) is 13.3. The Kier molecular flexibility index (Phi) is 5.13. The van der Waals surface area contributed by atoms with E-state index in [9.17, 15) is 19.8 Å². The summed E-state index contributed by atoms with van der Waals surface area (Å²) in [6, 6.07) is 0.303. The second kappa shape index (κ2) is 7.52. The molecular formula is C29H41NO5. The van der Waals surface area contributed by atoms with E-state index in [0.29, 0.717) is 19.0 Å². The third-order valence-electron chi connectivity index (χ3n) is 12.0. The van der Waals surface area contributed by atoms with E-state index in [-0.39, 0.29) is 29.5 Å². The zero-order valence-corrected chi connectivity index (χ0v) is 21.6. The summed E-state index contributed by atoms with van der Waals surface area (Å²) >= 11 is 0. The Hall–Kier alpha value is -1.50. The number of carboxylic acid groups (broad SMARTS) is 1. The highest BCUT2D eigenvalue weighted by atomic mass is 16.7. The minimum atomic E-state index is -1.28. The number of hydrogen-bond acceptors (Lipinski definition) is 5. The van der Waals surface area contributed by atoms with Gasteiger partial charge in [-0.05, 0) is 62.0 Å². The SMILES string of the molecule is C[C@H]1C[C@H]2[C@@H]3C[C@H]4CN(C5CCCCC5)O[C@@]4(C(=O)O)[C@@]3(C)C[C@H](O)[C@]2(C)[C@@]2(C)C=CC(=O)C=C12. The molecule has 0 aromatic heterocycles. The Balaban J connectivity index is 1.41. The molecule has 0 radical (unpaired) electrons. The average molecular weight is 484 g/mol. The van der Waals surface area contributed by atoms with Gasteiger partial charge in [0.25, 0.3) is 0 Å². The molecule has 5 fully saturated rings. The van der Waals surface area contributed by atoms with Crippen molar-refractivity contribution < 1.29 is 24.6 Å². The summed E-state index contributed by atoms with van der Waals surface area (Å²) in [5, 5.41) is 24.8. The highest BCUT2D eigenvalue weighted by molar-refractivity contribution is 6.01. The fourth-order valence-electron chi connectivity index (χ4n) is 10.0. The van der Waals surface area contributed by atoms with Crippen LogP contribution in [0.1, 0.15) is 79.1 Å². The van der Waals surface area contributed by atoms with Crippen LogP contribution >= 0.6 is 0 Å². The molecule has 0 amide bonds. The first-order valence-corrected chi connectivity index (χ1v) is 13.8. The van der Waals surface area contributed by atoms with Gasteiger partial charge in [0.1, 0.15) is 0 Å². The molecule has 35 heavy (non-hydrogen) atoms. The van der Waals surface area contributed by atoms with Crippen LogP contribution in [0.2, 0.25) is 0 Å². The Bertz CT molecular complexity index is 1010. The zero-order chi connectivity index (χ0) is 25.0. The van der Waals surface area contributed by atoms with E-state index in [4.69, 9.17) is 4.84 Å². The summed E-state index contributed by atoms with van der Waals surface area (Å²) in [4.78, 5) is 32.1. The highest BCUT2D eigenvalue weighted by Gasteiger charge is 2.78. The molecule has 9 atom stereocenters. The number of fused-ring (bicyclic) bond motifs is 7. The van der Waals surface area contributed by atoms with Crippen molar-refractivity contribution >= 4 is 11.8 Å². The maximum absolute atomic E-state index is 13.1. The van der Waals surface area contributed by atoms with Crippen molar-refractivity contribution in [3.05, 3.63) is 23.8 Å². The molecule has 1 heterocycles. The minimum Gasteiger partial charge on any atom is -0.479 e. The molecule has 0 aromatic carbocycles. The van der Waals surface area contributed by atoms with Crippen LogP contribution in [-0.4, -0.2) is 51.3 Å². The third-order valence-corrected chi connectivity index (χ3v) is 12.0. The van der Waals surface area contributed by atoms with E-state index < -0.39 is 33.9 Å². The van der Waals surface area contributed by atoms with Gasteiger partial charge in [0.2, 0.25) is 0 Å². The number of carbonyl (C=O) groups excluding carboxylic acids is 1. The van der Waals surface area contributed by atoms with E-state index in [0.717, 1.165) is 31.3 Å². The first-order valence-electron chi connectivity index (χ1n) is 13.8. The predicted molar refractivity (Wildman–Crippen MR) is 131 cm³/mol. The number of aliphatic carboxylic acids is 1. The molecule has 4 saturated carbocycles. The lowest BCUT2D eigenvalue weighted by Gasteiger charge is -2.66. The number of ketones is 1. The minimum absolute atomic E-state index is 0.0259. The molecule has 1 saturated heterocycles. The monoisotopic (exact) mass is 483 g/mol. The number of aliphatic hydroxyl groups is 1. The first kappa shape index (κ1) is 23.9. The van der Waals surface area contributed by atoms with Crippen molar-refractivity contribution in [3.8, 4) is 0 Å². The van der Waals surface area contributed by atoms with Gasteiger partial charge >= 0.3 is 5.97 Å². The number of carboxylic acids is 1. The summed E-state index contributed by atoms with van der Waals surface area (Å²) < 4.78 is 0. The number of carbonyl (C=O) groups is 2. The maximum Gasteiger partial charge on any atom is 0.339 e. The van der Waals surface area contributed by atoms with Crippen molar-refractivity contribution in [1.29, 1.82) is 0 Å². The van der Waals surface area contributed by atoms with Crippen LogP contribution in [0.3, 0.4) is 0 Å². The normalized spacial score (nSPS) is 51.9. The molecule has 1 aliphatic heterocycles. The van der Waals surface area contributed by atoms with E-state index >= 15 is 0 Å². The van der Waals surface area contributed by atoms with Gasteiger partial charge < -0.3 is 10.2 Å². The van der Waals surface area contributed by atoms with Gasteiger partial charge in [0.05, 0.1) is 6.10 Å². The summed E-state index contributed by atoms with van der Waals surface area (Å²) in [6.45, 7) is 9.34. The Morgan fingerprint density at radius 2 is 1.83 bits per heavy atom. The van der Waals surface area contributed by atoms with Gasteiger partial charge in [0.15, 0.2) is 11.4 Å². The van der Waals surface area contributed by atoms with E-state index in [1.807, 2.05) is 11.1 Å². The standard InChI is InChI=1S/C29H41NO5/c1-17-12-23-22-13-18-16-30(19-8-6-5-7-9-19)35-29(18,25(33)34)27(22,3)15-24(32)28(23,4)26(2)11-10-20(31)14-21(17)26/h10-11,14,17-19,22-24,32H,5-9,12-13,15-16H2,1-4H3,(H,33,34)/t17-,18-,22-,23-,24-,26-,27-,28+,29-/m0/s1. The third kappa shape index (κ3) is 2.77. The molecule has 6 aliphatic rings. The van der Waals surface area contributed by atoms with Crippen LogP contribution in [0.5, 0.6) is 0 Å². The lowest BCUT2D eigenvalue weighted by molar-refractivity contribution is -0.280. The largest absolute Gasteiger partial charge is 0.479 e. The van der Waals surface area contributed by atoms with Crippen molar-refractivity contribution in [2.24, 2.45) is 39.9 Å². The molecule has 6 rings (SSSR count). The molecule has 5 aliphatic carbocycles. The van der Waals surface area contributed by atoms with Gasteiger partial charge in [-0.1, -0.05) is 58.6 Å². The number of nitrogens with zero attached hydrogens (tertiary/aromatic N) is 1. The molecule has 6 nitrogen and oxygen atoms in total. The molecule has 0 spiro atoms. The molecule has 192 valence electrons. The highest BCUT2D eigenvalue weighted by Crippen LogP contribution is 2.74. The van der Waals surface area contributed by atoms with E-state index in [2.05, 4.69) is 27.7 Å². The molecule has 0 aromatic rings. The fraction of sp³-hybridized carbons (Fsp3) is 0.793. The number of aliphatic hydroxyl groups excluding tert-OH is 1. The van der Waals surface area contributed by atoms with Gasteiger partial charge in [-0.2, -0.15) is 5.06 Å². The Morgan fingerprint density at radius 1 is 1.11 bits per heavy atom. The van der Waals surface area contributed by atoms with Crippen LogP contribution in [0, 0.1) is 39.9 Å². The number of hydrogen-bond donors (Lipinski definition) is 2. The number of rotatable bonds is 2. The number of hydroxylamine groups is 2. The quantitative estimate of drug-likeness (QED) is 0.600. The summed E-state index contributed by atoms with van der Waals surface area (Å²) in [7, 11) is 0. The lowest BCUT2D eigenvalue weighted by Crippen LogP contribution is -2.67. The fourth-order valence-corrected chi connectivity index (χ4v) is 10.0. The average Bonchev–Trinajstić information content (AvgIpc) is 3.32. The second-order valence-corrected chi connectivity index (χ2v) is 13.3. The van der Waals surface area contributed by atoms with Gasteiger partial charge in [-0.3, -0.25) is 9.63 Å². The van der Waals surface area contributed by atoms with Crippen LogP contribution in [0.4, 0.5) is 0 Å². The summed E-state index contributed by atoms with van der Waals surface area (Å²) in [5.41, 5.74) is -1.70. The molecule has 0 bridgehead atoms. The van der Waals surface area contributed by atoms with Gasteiger partial charge in [0, 0.05) is 34.7 Å². The Morgan fingerprint density at radius 3 is 2.51 bits per heavy atom. The van der Waals surface area contributed by atoms with Crippen molar-refractivity contribution in [2.75, 3.05) is 6.54 Å². The topological polar surface area (TPSA) is 87.1 Å². The van der Waals surface area contributed by atoms with Crippen LogP contribution in [0.15, 0.2) is 23.8 Å². The van der Waals surface area contributed by atoms with Crippen molar-refractivity contribution in [2.45, 2.75) is 96.8 Å². The van der Waals surface area contributed by atoms with Crippen LogP contribution in [-0.2, 0) is 14.4 Å². The predicted octanol–water partition coefficient (Wildman–Crippen LogP) is 4.53. The Labute approximate surface area is 208 Å². The lowest BCUT2D eigenvalue weighted by atomic mass is 9.38. The smallest absolute Gasteiger partial charge is 0.339 e. The summed E-state index contributed by atoms with van der Waals surface area (Å²) in [5.74, 6) is -0.395.